The molecule has 3 fully saturated rings. The number of nitrogens with zero attached hydrogens (tertiary/aromatic N) is 2. The molecular weight excluding hydrogens is 304 g/mol. The second-order valence-electron chi connectivity index (χ2n) is 8.81. The molecule has 5 nitrogen and oxygen atoms in total. The molecule has 24 heavy (non-hydrogen) atoms. The SMILES string of the molecule is CN(C(=O)CN1[C@@H]2CCCC[C@@H]2C[C@H]1C(=O)OC(C)(C)C)C1CC1. The zero-order chi connectivity index (χ0) is 17.5. The molecule has 0 aromatic heterocycles. The highest BCUT2D eigenvalue weighted by atomic mass is 16.6. The Hall–Kier alpha value is -1.10. The molecule has 0 aromatic rings. The van der Waals surface area contributed by atoms with Crippen molar-refractivity contribution < 1.29 is 14.3 Å². The third-order valence-corrected chi connectivity index (χ3v) is 5.71. The number of hydrogen-bond donors (Lipinski definition) is 0. The summed E-state index contributed by atoms with van der Waals surface area (Å²) in [6, 6.07) is 0.531. The number of carbonyl (C=O) groups is 2. The van der Waals surface area contributed by atoms with Crippen LogP contribution < -0.4 is 0 Å². The lowest BCUT2D eigenvalue weighted by atomic mass is 9.85. The normalized spacial score (nSPS) is 30.8. The van der Waals surface area contributed by atoms with Crippen LogP contribution >= 0.6 is 0 Å². The Balaban J connectivity index is 1.72. The summed E-state index contributed by atoms with van der Waals surface area (Å²) in [5.41, 5.74) is -0.481. The fourth-order valence-corrected chi connectivity index (χ4v) is 4.31. The molecule has 0 unspecified atom stereocenters. The van der Waals surface area contributed by atoms with E-state index in [1.54, 1.807) is 0 Å². The standard InChI is InChI=1S/C19H32N2O3/c1-19(2,3)24-18(23)16-11-13-7-5-6-8-15(13)21(16)12-17(22)20(4)14-9-10-14/h13-16H,5-12H2,1-4H3/t13-,15-,16+/m1/s1. The quantitative estimate of drug-likeness (QED) is 0.741. The van der Waals surface area contributed by atoms with Gasteiger partial charge in [0.15, 0.2) is 0 Å². The molecule has 2 saturated carbocycles. The predicted molar refractivity (Wildman–Crippen MR) is 92.5 cm³/mol. The first-order chi connectivity index (χ1) is 11.3. The van der Waals surface area contributed by atoms with Crippen molar-refractivity contribution in [2.24, 2.45) is 5.92 Å². The molecule has 1 amide bonds. The van der Waals surface area contributed by atoms with E-state index in [9.17, 15) is 9.59 Å². The molecule has 0 N–H and O–H groups in total. The number of amides is 1. The van der Waals surface area contributed by atoms with Crippen LogP contribution in [0.2, 0.25) is 0 Å². The van der Waals surface area contributed by atoms with Crippen molar-refractivity contribution in [2.45, 2.75) is 89.4 Å². The number of esters is 1. The maximum absolute atomic E-state index is 12.7. The van der Waals surface area contributed by atoms with E-state index >= 15 is 0 Å². The van der Waals surface area contributed by atoms with Gasteiger partial charge in [-0.3, -0.25) is 14.5 Å². The minimum Gasteiger partial charge on any atom is -0.459 e. The van der Waals surface area contributed by atoms with Gasteiger partial charge in [-0.15, -0.1) is 0 Å². The second-order valence-corrected chi connectivity index (χ2v) is 8.81. The van der Waals surface area contributed by atoms with Gasteiger partial charge in [0.1, 0.15) is 11.6 Å². The Morgan fingerprint density at radius 2 is 1.79 bits per heavy atom. The Morgan fingerprint density at radius 1 is 1.12 bits per heavy atom. The van der Waals surface area contributed by atoms with Crippen LogP contribution in [0.3, 0.4) is 0 Å². The summed E-state index contributed by atoms with van der Waals surface area (Å²) in [7, 11) is 1.90. The molecule has 0 bridgehead atoms. The first kappa shape index (κ1) is 17.7. The van der Waals surface area contributed by atoms with Gasteiger partial charge in [-0.2, -0.15) is 0 Å². The minimum absolute atomic E-state index is 0.150. The van der Waals surface area contributed by atoms with Crippen LogP contribution in [-0.2, 0) is 14.3 Å². The van der Waals surface area contributed by atoms with Gasteiger partial charge in [0.2, 0.25) is 5.91 Å². The van der Waals surface area contributed by atoms with Crippen LogP contribution in [0, 0.1) is 5.92 Å². The largest absolute Gasteiger partial charge is 0.459 e. The Kier molecular flexibility index (Phi) is 4.92. The predicted octanol–water partition coefficient (Wildman–Crippen LogP) is 2.58. The lowest BCUT2D eigenvalue weighted by Crippen LogP contribution is -2.49. The zero-order valence-corrected chi connectivity index (χ0v) is 15.6. The monoisotopic (exact) mass is 336 g/mol. The van der Waals surface area contributed by atoms with Gasteiger partial charge in [-0.05, 0) is 58.8 Å². The van der Waals surface area contributed by atoms with Crippen molar-refractivity contribution in [1.29, 1.82) is 0 Å². The molecule has 1 saturated heterocycles. The van der Waals surface area contributed by atoms with E-state index in [4.69, 9.17) is 4.74 Å². The van der Waals surface area contributed by atoms with Gasteiger partial charge >= 0.3 is 5.97 Å². The Morgan fingerprint density at radius 3 is 2.42 bits per heavy atom. The molecule has 3 atom stereocenters. The first-order valence-corrected chi connectivity index (χ1v) is 9.50. The number of likely N-dealkylation sites (N-methyl/N-ethyl adjacent to an activating group) is 1. The van der Waals surface area contributed by atoms with Crippen molar-refractivity contribution in [3.8, 4) is 0 Å². The van der Waals surface area contributed by atoms with E-state index in [1.807, 2.05) is 32.7 Å². The Labute approximate surface area is 145 Å². The van der Waals surface area contributed by atoms with Crippen molar-refractivity contribution in [1.82, 2.24) is 9.80 Å². The molecule has 136 valence electrons. The van der Waals surface area contributed by atoms with Crippen LogP contribution in [0.4, 0.5) is 0 Å². The van der Waals surface area contributed by atoms with E-state index in [0.717, 1.165) is 25.7 Å². The molecule has 1 aliphatic heterocycles. The summed E-state index contributed by atoms with van der Waals surface area (Å²) in [6.07, 6.45) is 7.79. The van der Waals surface area contributed by atoms with Gasteiger partial charge < -0.3 is 9.64 Å². The van der Waals surface area contributed by atoms with Crippen LogP contribution in [0.15, 0.2) is 0 Å². The van der Waals surface area contributed by atoms with Crippen LogP contribution in [0.1, 0.15) is 65.7 Å². The fraction of sp³-hybridized carbons (Fsp3) is 0.895. The summed E-state index contributed by atoms with van der Waals surface area (Å²) >= 11 is 0. The molecule has 0 radical (unpaired) electrons. The van der Waals surface area contributed by atoms with Gasteiger partial charge in [0, 0.05) is 19.1 Å². The summed E-state index contributed by atoms with van der Waals surface area (Å²) in [5, 5.41) is 0. The van der Waals surface area contributed by atoms with E-state index in [0.29, 0.717) is 24.5 Å². The number of hydrogen-bond acceptors (Lipinski definition) is 4. The van der Waals surface area contributed by atoms with Crippen LogP contribution in [0.25, 0.3) is 0 Å². The fourth-order valence-electron chi connectivity index (χ4n) is 4.31. The van der Waals surface area contributed by atoms with Gasteiger partial charge in [0.05, 0.1) is 6.54 Å². The van der Waals surface area contributed by atoms with Crippen molar-refractivity contribution in [3.63, 3.8) is 0 Å². The van der Waals surface area contributed by atoms with Crippen LogP contribution in [-0.4, -0.2) is 59.0 Å². The number of fused-ring (bicyclic) bond motifs is 1. The van der Waals surface area contributed by atoms with Gasteiger partial charge in [-0.25, -0.2) is 0 Å². The minimum atomic E-state index is -0.481. The maximum atomic E-state index is 12.7. The third-order valence-electron chi connectivity index (χ3n) is 5.71. The lowest BCUT2D eigenvalue weighted by molar-refractivity contribution is -0.161. The molecule has 5 heteroatoms. The zero-order valence-electron chi connectivity index (χ0n) is 15.6. The lowest BCUT2D eigenvalue weighted by Gasteiger charge is -2.34. The third kappa shape index (κ3) is 3.93. The topological polar surface area (TPSA) is 49.9 Å². The molecule has 0 aromatic carbocycles. The molecule has 3 aliphatic rings. The smallest absolute Gasteiger partial charge is 0.323 e. The highest BCUT2D eigenvalue weighted by molar-refractivity contribution is 5.81. The van der Waals surface area contributed by atoms with Gasteiger partial charge in [-0.1, -0.05) is 12.8 Å². The van der Waals surface area contributed by atoms with Crippen molar-refractivity contribution in [3.05, 3.63) is 0 Å². The summed E-state index contributed by atoms with van der Waals surface area (Å²) in [4.78, 5) is 29.4. The van der Waals surface area contributed by atoms with E-state index < -0.39 is 5.60 Å². The summed E-state index contributed by atoms with van der Waals surface area (Å²) < 4.78 is 5.65. The number of rotatable bonds is 4. The number of likely N-dealkylation sites (tertiary alicyclic amines) is 1. The van der Waals surface area contributed by atoms with E-state index in [1.165, 1.54) is 19.3 Å². The number of ether oxygens (including phenoxy) is 1. The molecular formula is C19H32N2O3. The highest BCUT2D eigenvalue weighted by Gasteiger charge is 2.47. The van der Waals surface area contributed by atoms with Crippen molar-refractivity contribution in [2.75, 3.05) is 13.6 Å². The molecule has 2 aliphatic carbocycles. The van der Waals surface area contributed by atoms with E-state index in [2.05, 4.69) is 4.90 Å². The molecule has 1 heterocycles. The number of carbonyl (C=O) groups excluding carboxylic acids is 2. The first-order valence-electron chi connectivity index (χ1n) is 9.50. The average molecular weight is 336 g/mol. The maximum Gasteiger partial charge on any atom is 0.323 e. The van der Waals surface area contributed by atoms with Crippen LogP contribution in [0.5, 0.6) is 0 Å². The van der Waals surface area contributed by atoms with Crippen molar-refractivity contribution >= 4 is 11.9 Å². The summed E-state index contributed by atoms with van der Waals surface area (Å²) in [6.45, 7) is 6.08. The van der Waals surface area contributed by atoms with Gasteiger partial charge in [0.25, 0.3) is 0 Å². The average Bonchev–Trinajstić information content (AvgIpc) is 3.28. The highest BCUT2D eigenvalue weighted by Crippen LogP contribution is 2.40. The summed E-state index contributed by atoms with van der Waals surface area (Å²) in [5.74, 6) is 0.534. The molecule has 0 spiro atoms. The second kappa shape index (κ2) is 6.66. The van der Waals surface area contributed by atoms with E-state index in [-0.39, 0.29) is 17.9 Å². The Bertz CT molecular complexity index is 495. The molecule has 3 rings (SSSR count).